The lowest BCUT2D eigenvalue weighted by Crippen LogP contribution is -2.44. The molecule has 0 aliphatic heterocycles. The molecule has 1 aliphatic rings. The van der Waals surface area contributed by atoms with Gasteiger partial charge in [0.2, 0.25) is 10.0 Å². The van der Waals surface area contributed by atoms with Crippen LogP contribution >= 0.6 is 0 Å². The van der Waals surface area contributed by atoms with Crippen LogP contribution in [0.4, 0.5) is 0 Å². The van der Waals surface area contributed by atoms with Gasteiger partial charge in [-0.15, -0.1) is 0 Å². The summed E-state index contributed by atoms with van der Waals surface area (Å²) in [6.45, 7) is 2.36. The standard InChI is InChI=1S/C15H24N2O3S/c1-11-9-13(7-8-15(11)20-2)21(18,19)17-14-6-4-3-5-12(14)10-16/h7-9,12,14,17H,3-6,10,16H2,1-2H3. The number of aryl methyl sites for hydroxylation is 1. The van der Waals surface area contributed by atoms with Gasteiger partial charge in [-0.3, -0.25) is 0 Å². The van der Waals surface area contributed by atoms with Crippen LogP contribution in [0, 0.1) is 12.8 Å². The fourth-order valence-electron chi connectivity index (χ4n) is 2.93. The maximum atomic E-state index is 12.5. The van der Waals surface area contributed by atoms with Crippen molar-refractivity contribution < 1.29 is 13.2 Å². The first kappa shape index (κ1) is 16.3. The van der Waals surface area contributed by atoms with E-state index in [9.17, 15) is 8.42 Å². The van der Waals surface area contributed by atoms with Gasteiger partial charge in [0.05, 0.1) is 12.0 Å². The van der Waals surface area contributed by atoms with E-state index < -0.39 is 10.0 Å². The quantitative estimate of drug-likeness (QED) is 0.868. The van der Waals surface area contributed by atoms with Gasteiger partial charge in [0, 0.05) is 6.04 Å². The van der Waals surface area contributed by atoms with Crippen molar-refractivity contribution in [1.29, 1.82) is 0 Å². The van der Waals surface area contributed by atoms with Gasteiger partial charge < -0.3 is 10.5 Å². The highest BCUT2D eigenvalue weighted by atomic mass is 32.2. The zero-order chi connectivity index (χ0) is 15.5. The molecular weight excluding hydrogens is 288 g/mol. The van der Waals surface area contributed by atoms with Crippen LogP contribution < -0.4 is 15.2 Å². The third kappa shape index (κ3) is 3.75. The second kappa shape index (κ2) is 6.77. The van der Waals surface area contributed by atoms with E-state index in [2.05, 4.69) is 4.72 Å². The van der Waals surface area contributed by atoms with E-state index in [1.54, 1.807) is 25.3 Å². The minimum absolute atomic E-state index is 0.0591. The summed E-state index contributed by atoms with van der Waals surface area (Å²) in [5.41, 5.74) is 6.57. The molecule has 2 unspecified atom stereocenters. The van der Waals surface area contributed by atoms with Crippen molar-refractivity contribution in [2.45, 2.75) is 43.5 Å². The molecule has 6 heteroatoms. The van der Waals surface area contributed by atoms with E-state index in [4.69, 9.17) is 10.5 Å². The molecule has 5 nitrogen and oxygen atoms in total. The number of methoxy groups -OCH3 is 1. The first-order valence-electron chi connectivity index (χ1n) is 7.35. The lowest BCUT2D eigenvalue weighted by molar-refractivity contribution is 0.296. The zero-order valence-electron chi connectivity index (χ0n) is 12.6. The van der Waals surface area contributed by atoms with Crippen molar-refractivity contribution in [3.63, 3.8) is 0 Å². The topological polar surface area (TPSA) is 81.4 Å². The molecule has 0 saturated heterocycles. The Morgan fingerprint density at radius 3 is 2.67 bits per heavy atom. The molecule has 1 aliphatic carbocycles. The third-order valence-electron chi connectivity index (χ3n) is 4.19. The molecule has 118 valence electrons. The Labute approximate surface area is 126 Å². The van der Waals surface area contributed by atoms with Gasteiger partial charge in [-0.2, -0.15) is 0 Å². The van der Waals surface area contributed by atoms with Crippen LogP contribution in [0.15, 0.2) is 23.1 Å². The molecule has 2 atom stereocenters. The number of hydrogen-bond donors (Lipinski definition) is 2. The molecule has 1 aromatic carbocycles. The van der Waals surface area contributed by atoms with E-state index >= 15 is 0 Å². The van der Waals surface area contributed by atoms with Gasteiger partial charge in [0.25, 0.3) is 0 Å². The maximum Gasteiger partial charge on any atom is 0.240 e. The maximum absolute atomic E-state index is 12.5. The second-order valence-electron chi connectivity index (χ2n) is 5.64. The summed E-state index contributed by atoms with van der Waals surface area (Å²) in [5.74, 6) is 0.916. The molecule has 0 bridgehead atoms. The summed E-state index contributed by atoms with van der Waals surface area (Å²) < 4.78 is 33.0. The van der Waals surface area contributed by atoms with E-state index in [1.807, 2.05) is 6.92 Å². The normalized spacial score (nSPS) is 23.0. The SMILES string of the molecule is COc1ccc(S(=O)(=O)NC2CCCCC2CN)cc1C. The molecule has 3 N–H and O–H groups in total. The Morgan fingerprint density at radius 1 is 1.33 bits per heavy atom. The molecule has 0 spiro atoms. The molecule has 21 heavy (non-hydrogen) atoms. The van der Waals surface area contributed by atoms with E-state index in [1.165, 1.54) is 0 Å². The van der Waals surface area contributed by atoms with Crippen LogP contribution in [0.2, 0.25) is 0 Å². The number of hydrogen-bond acceptors (Lipinski definition) is 4. The minimum atomic E-state index is -3.51. The average molecular weight is 312 g/mol. The Balaban J connectivity index is 2.19. The number of ether oxygens (including phenoxy) is 1. The van der Waals surface area contributed by atoms with E-state index in [0.29, 0.717) is 12.3 Å². The van der Waals surface area contributed by atoms with Crippen LogP contribution in [-0.4, -0.2) is 28.1 Å². The summed E-state index contributed by atoms with van der Waals surface area (Å²) in [7, 11) is -1.94. The number of nitrogens with one attached hydrogen (secondary N) is 1. The molecule has 0 heterocycles. The Morgan fingerprint density at radius 2 is 2.05 bits per heavy atom. The van der Waals surface area contributed by atoms with Crippen molar-refractivity contribution in [3.8, 4) is 5.75 Å². The lowest BCUT2D eigenvalue weighted by atomic mass is 9.85. The van der Waals surface area contributed by atoms with Gasteiger partial charge in [-0.05, 0) is 56.0 Å². The van der Waals surface area contributed by atoms with Crippen molar-refractivity contribution in [3.05, 3.63) is 23.8 Å². The molecule has 1 aromatic rings. The highest BCUT2D eigenvalue weighted by Crippen LogP contribution is 2.26. The summed E-state index contributed by atoms with van der Waals surface area (Å²) in [6, 6.07) is 4.84. The van der Waals surface area contributed by atoms with Crippen LogP contribution in [-0.2, 0) is 10.0 Å². The van der Waals surface area contributed by atoms with Crippen LogP contribution in [0.3, 0.4) is 0 Å². The van der Waals surface area contributed by atoms with Crippen molar-refractivity contribution >= 4 is 10.0 Å². The first-order valence-corrected chi connectivity index (χ1v) is 8.83. The van der Waals surface area contributed by atoms with Crippen molar-refractivity contribution in [1.82, 2.24) is 4.72 Å². The lowest BCUT2D eigenvalue weighted by Gasteiger charge is -2.31. The van der Waals surface area contributed by atoms with Crippen LogP contribution in [0.25, 0.3) is 0 Å². The van der Waals surface area contributed by atoms with Gasteiger partial charge in [0.15, 0.2) is 0 Å². The van der Waals surface area contributed by atoms with Crippen LogP contribution in [0.5, 0.6) is 5.75 Å². The monoisotopic (exact) mass is 312 g/mol. The van der Waals surface area contributed by atoms with Gasteiger partial charge in [-0.1, -0.05) is 12.8 Å². The van der Waals surface area contributed by atoms with Gasteiger partial charge in [-0.25, -0.2) is 13.1 Å². The predicted molar refractivity (Wildman–Crippen MR) is 82.9 cm³/mol. The van der Waals surface area contributed by atoms with Gasteiger partial charge >= 0.3 is 0 Å². The molecule has 1 fully saturated rings. The smallest absolute Gasteiger partial charge is 0.240 e. The predicted octanol–water partition coefficient (Wildman–Crippen LogP) is 1.80. The summed E-state index contributed by atoms with van der Waals surface area (Å²) in [6.07, 6.45) is 4.02. The largest absolute Gasteiger partial charge is 0.496 e. The number of rotatable bonds is 5. The number of nitrogens with two attached hydrogens (primary N) is 1. The number of sulfonamides is 1. The van der Waals surface area contributed by atoms with Crippen molar-refractivity contribution in [2.24, 2.45) is 11.7 Å². The Bertz CT molecular complexity index is 587. The summed E-state index contributed by atoms with van der Waals surface area (Å²) >= 11 is 0. The molecule has 2 rings (SSSR count). The highest BCUT2D eigenvalue weighted by Gasteiger charge is 2.28. The Kier molecular flexibility index (Phi) is 5.24. The third-order valence-corrected chi connectivity index (χ3v) is 5.68. The van der Waals surface area contributed by atoms with Crippen molar-refractivity contribution in [2.75, 3.05) is 13.7 Å². The fraction of sp³-hybridized carbons (Fsp3) is 0.600. The second-order valence-corrected chi connectivity index (χ2v) is 7.35. The van der Waals surface area contributed by atoms with E-state index in [-0.39, 0.29) is 16.9 Å². The van der Waals surface area contributed by atoms with E-state index in [0.717, 1.165) is 31.2 Å². The minimum Gasteiger partial charge on any atom is -0.496 e. The highest BCUT2D eigenvalue weighted by molar-refractivity contribution is 7.89. The molecule has 1 saturated carbocycles. The average Bonchev–Trinajstić information content (AvgIpc) is 2.47. The molecule has 0 radical (unpaired) electrons. The molecule has 0 aromatic heterocycles. The van der Waals surface area contributed by atoms with Gasteiger partial charge in [0.1, 0.15) is 5.75 Å². The summed E-state index contributed by atoms with van der Waals surface area (Å²) in [5, 5.41) is 0. The first-order chi connectivity index (χ1) is 9.97. The van der Waals surface area contributed by atoms with Crippen LogP contribution in [0.1, 0.15) is 31.2 Å². The molecular formula is C15H24N2O3S. The Hall–Kier alpha value is -1.11. The number of benzene rings is 1. The molecule has 0 amide bonds. The summed E-state index contributed by atoms with van der Waals surface area (Å²) in [4.78, 5) is 0.280. The zero-order valence-corrected chi connectivity index (χ0v) is 13.4. The fourth-order valence-corrected chi connectivity index (χ4v) is 4.35.